The van der Waals surface area contributed by atoms with Crippen LogP contribution in [0.15, 0.2) is 48.8 Å². The number of hydrogen-bond donors (Lipinski definition) is 1. The first-order chi connectivity index (χ1) is 9.63. The Kier molecular flexibility index (Phi) is 3.06. The largest absolute Gasteiger partial charge is 0.491 e. The summed E-state index contributed by atoms with van der Waals surface area (Å²) in [7, 11) is 0. The lowest BCUT2D eigenvalue weighted by Gasteiger charge is -2.13. The standard InChI is InChI=1S/C16H17N3O/c1-11(2)20-14-8-12(17)7-13(9-14)19-10-18-15-5-3-4-6-16(15)19/h3-11H,17H2,1-2H3. The van der Waals surface area contributed by atoms with Crippen molar-refractivity contribution in [1.29, 1.82) is 0 Å². The van der Waals surface area contributed by atoms with Crippen LogP contribution in [0.1, 0.15) is 13.8 Å². The summed E-state index contributed by atoms with van der Waals surface area (Å²) in [5, 5.41) is 0. The van der Waals surface area contributed by atoms with Crippen molar-refractivity contribution in [3.63, 3.8) is 0 Å². The van der Waals surface area contributed by atoms with E-state index in [1.807, 2.05) is 60.9 Å². The fourth-order valence-electron chi connectivity index (χ4n) is 2.25. The molecular formula is C16H17N3O. The molecule has 4 heteroatoms. The normalized spacial score (nSPS) is 11.2. The van der Waals surface area contributed by atoms with Gasteiger partial charge >= 0.3 is 0 Å². The first kappa shape index (κ1) is 12.5. The summed E-state index contributed by atoms with van der Waals surface area (Å²) in [4.78, 5) is 4.40. The van der Waals surface area contributed by atoms with E-state index in [1.54, 1.807) is 6.33 Å². The minimum atomic E-state index is 0.115. The van der Waals surface area contributed by atoms with Crippen LogP contribution in [0, 0.1) is 0 Å². The highest BCUT2D eigenvalue weighted by Crippen LogP contribution is 2.25. The van der Waals surface area contributed by atoms with Crippen LogP contribution in [0.4, 0.5) is 5.69 Å². The van der Waals surface area contributed by atoms with E-state index in [-0.39, 0.29) is 6.10 Å². The second kappa shape index (κ2) is 4.89. The molecule has 0 spiro atoms. The summed E-state index contributed by atoms with van der Waals surface area (Å²) in [6, 6.07) is 13.7. The maximum Gasteiger partial charge on any atom is 0.123 e. The quantitative estimate of drug-likeness (QED) is 0.740. The van der Waals surface area contributed by atoms with Gasteiger partial charge in [-0.3, -0.25) is 4.57 Å². The predicted octanol–water partition coefficient (Wildman–Crippen LogP) is 3.39. The molecule has 0 saturated carbocycles. The first-order valence-electron chi connectivity index (χ1n) is 6.63. The number of anilines is 1. The molecule has 0 aliphatic heterocycles. The molecule has 1 aromatic heterocycles. The van der Waals surface area contributed by atoms with Crippen LogP contribution in [0.2, 0.25) is 0 Å². The van der Waals surface area contributed by atoms with E-state index in [0.29, 0.717) is 5.69 Å². The molecule has 1 heterocycles. The molecule has 0 aliphatic rings. The molecule has 2 N–H and O–H groups in total. The molecule has 0 aliphatic carbocycles. The van der Waals surface area contributed by atoms with Crippen LogP contribution in [0.25, 0.3) is 16.7 Å². The number of ether oxygens (including phenoxy) is 1. The molecule has 20 heavy (non-hydrogen) atoms. The Labute approximate surface area is 117 Å². The minimum absolute atomic E-state index is 0.115. The average molecular weight is 267 g/mol. The zero-order valence-corrected chi connectivity index (χ0v) is 11.6. The second-order valence-corrected chi connectivity index (χ2v) is 5.03. The van der Waals surface area contributed by atoms with E-state index in [1.165, 1.54) is 0 Å². The van der Waals surface area contributed by atoms with E-state index < -0.39 is 0 Å². The Morgan fingerprint density at radius 1 is 1.15 bits per heavy atom. The molecule has 102 valence electrons. The van der Waals surface area contributed by atoms with Crippen molar-refractivity contribution < 1.29 is 4.74 Å². The van der Waals surface area contributed by atoms with Gasteiger partial charge in [-0.25, -0.2) is 4.98 Å². The van der Waals surface area contributed by atoms with Crippen molar-refractivity contribution in [2.24, 2.45) is 0 Å². The van der Waals surface area contributed by atoms with Crippen LogP contribution in [0.3, 0.4) is 0 Å². The number of aromatic nitrogens is 2. The van der Waals surface area contributed by atoms with E-state index in [0.717, 1.165) is 22.5 Å². The Balaban J connectivity index is 2.11. The number of nitrogens with two attached hydrogens (primary N) is 1. The Bertz CT molecular complexity index is 746. The summed E-state index contributed by atoms with van der Waals surface area (Å²) in [5.41, 5.74) is 9.61. The highest BCUT2D eigenvalue weighted by molar-refractivity contribution is 5.77. The molecule has 0 bridgehead atoms. The van der Waals surface area contributed by atoms with Crippen LogP contribution in [0.5, 0.6) is 5.75 Å². The van der Waals surface area contributed by atoms with E-state index in [9.17, 15) is 0 Å². The predicted molar refractivity (Wildman–Crippen MR) is 81.2 cm³/mol. The average Bonchev–Trinajstić information content (AvgIpc) is 2.80. The number of rotatable bonds is 3. The Morgan fingerprint density at radius 2 is 1.95 bits per heavy atom. The molecule has 0 unspecified atom stereocenters. The second-order valence-electron chi connectivity index (χ2n) is 5.03. The highest BCUT2D eigenvalue weighted by atomic mass is 16.5. The summed E-state index contributed by atoms with van der Waals surface area (Å²) >= 11 is 0. The smallest absolute Gasteiger partial charge is 0.123 e. The van der Waals surface area contributed by atoms with Crippen LogP contribution >= 0.6 is 0 Å². The number of hydrogen-bond acceptors (Lipinski definition) is 3. The number of nitrogen functional groups attached to an aromatic ring is 1. The minimum Gasteiger partial charge on any atom is -0.491 e. The highest BCUT2D eigenvalue weighted by Gasteiger charge is 2.07. The molecule has 4 nitrogen and oxygen atoms in total. The van der Waals surface area contributed by atoms with Crippen LogP contribution in [-0.4, -0.2) is 15.7 Å². The molecular weight excluding hydrogens is 250 g/mol. The van der Waals surface area contributed by atoms with Crippen molar-refractivity contribution in [3.05, 3.63) is 48.8 Å². The SMILES string of the molecule is CC(C)Oc1cc(N)cc(-n2cnc3ccccc32)c1. The summed E-state index contributed by atoms with van der Waals surface area (Å²) < 4.78 is 7.74. The maximum atomic E-state index is 5.97. The lowest BCUT2D eigenvalue weighted by Crippen LogP contribution is -2.06. The van der Waals surface area contributed by atoms with Gasteiger partial charge in [0.05, 0.1) is 22.8 Å². The molecule has 2 aromatic carbocycles. The third-order valence-electron chi connectivity index (χ3n) is 3.02. The van der Waals surface area contributed by atoms with Gasteiger partial charge in [0.15, 0.2) is 0 Å². The van der Waals surface area contributed by atoms with Gasteiger partial charge in [-0.1, -0.05) is 12.1 Å². The van der Waals surface area contributed by atoms with Gasteiger partial charge in [-0.15, -0.1) is 0 Å². The maximum absolute atomic E-state index is 5.97. The van der Waals surface area contributed by atoms with Crippen molar-refractivity contribution in [3.8, 4) is 11.4 Å². The Morgan fingerprint density at radius 3 is 2.75 bits per heavy atom. The summed E-state index contributed by atoms with van der Waals surface area (Å²) in [6.07, 6.45) is 1.92. The number of fused-ring (bicyclic) bond motifs is 1. The van der Waals surface area contributed by atoms with E-state index in [4.69, 9.17) is 10.5 Å². The van der Waals surface area contributed by atoms with Gasteiger partial charge in [-0.05, 0) is 32.0 Å². The lowest BCUT2D eigenvalue weighted by atomic mass is 10.2. The molecule has 0 fully saturated rings. The third-order valence-corrected chi connectivity index (χ3v) is 3.02. The van der Waals surface area contributed by atoms with Gasteiger partial charge in [0, 0.05) is 17.8 Å². The van der Waals surface area contributed by atoms with Crippen molar-refractivity contribution in [1.82, 2.24) is 9.55 Å². The molecule has 3 aromatic rings. The summed E-state index contributed by atoms with van der Waals surface area (Å²) in [6.45, 7) is 3.99. The van der Waals surface area contributed by atoms with Gasteiger partial charge in [0.1, 0.15) is 12.1 Å². The number of para-hydroxylation sites is 2. The topological polar surface area (TPSA) is 53.1 Å². The molecule has 0 atom stereocenters. The van der Waals surface area contributed by atoms with Gasteiger partial charge in [0.25, 0.3) is 0 Å². The molecule has 0 radical (unpaired) electrons. The zero-order chi connectivity index (χ0) is 14.1. The number of nitrogens with zero attached hydrogens (tertiary/aromatic N) is 2. The summed E-state index contributed by atoms with van der Waals surface area (Å²) in [5.74, 6) is 0.771. The van der Waals surface area contributed by atoms with Gasteiger partial charge < -0.3 is 10.5 Å². The van der Waals surface area contributed by atoms with Crippen molar-refractivity contribution in [2.45, 2.75) is 20.0 Å². The van der Waals surface area contributed by atoms with Crippen LogP contribution < -0.4 is 10.5 Å². The zero-order valence-electron chi connectivity index (χ0n) is 11.6. The van der Waals surface area contributed by atoms with Gasteiger partial charge in [0.2, 0.25) is 0 Å². The molecule has 3 rings (SSSR count). The lowest BCUT2D eigenvalue weighted by molar-refractivity contribution is 0.242. The van der Waals surface area contributed by atoms with Crippen molar-refractivity contribution >= 4 is 16.7 Å². The van der Waals surface area contributed by atoms with E-state index >= 15 is 0 Å². The monoisotopic (exact) mass is 267 g/mol. The fourth-order valence-corrected chi connectivity index (χ4v) is 2.25. The van der Waals surface area contributed by atoms with Gasteiger partial charge in [-0.2, -0.15) is 0 Å². The molecule has 0 saturated heterocycles. The van der Waals surface area contributed by atoms with E-state index in [2.05, 4.69) is 4.98 Å². The first-order valence-corrected chi connectivity index (χ1v) is 6.63. The molecule has 0 amide bonds. The third kappa shape index (κ3) is 2.32. The Hall–Kier alpha value is -2.49. The van der Waals surface area contributed by atoms with Crippen molar-refractivity contribution in [2.75, 3.05) is 5.73 Å². The fraction of sp³-hybridized carbons (Fsp3) is 0.188. The van der Waals surface area contributed by atoms with Crippen LogP contribution in [-0.2, 0) is 0 Å². The number of imidazole rings is 1. The number of benzene rings is 2.